The fraction of sp³-hybridized carbons (Fsp3) is 0.500. The molecule has 3 nitrogen and oxygen atoms in total. The predicted octanol–water partition coefficient (Wildman–Crippen LogP) is 2.15. The van der Waals surface area contributed by atoms with Gasteiger partial charge in [0.25, 0.3) is 0 Å². The van der Waals surface area contributed by atoms with Gasteiger partial charge in [0.2, 0.25) is 0 Å². The van der Waals surface area contributed by atoms with Crippen molar-refractivity contribution in [1.29, 1.82) is 0 Å². The number of hydrogen-bond donors (Lipinski definition) is 2. The fourth-order valence-electron chi connectivity index (χ4n) is 1.24. The lowest BCUT2D eigenvalue weighted by Gasteiger charge is -2.11. The number of aliphatic hydroxyl groups excluding tert-OH is 1. The van der Waals surface area contributed by atoms with Gasteiger partial charge in [0.15, 0.2) is 11.5 Å². The van der Waals surface area contributed by atoms with Crippen molar-refractivity contribution in [3.05, 3.63) is 24.3 Å². The Balaban J connectivity index is 2.43. The molecule has 0 unspecified atom stereocenters. The maximum atomic E-state index is 8.69. The molecule has 0 amide bonds. The molecule has 0 aliphatic rings. The molecule has 0 atom stereocenters. The number of unbranched alkanes of at least 4 members (excludes halogenated alkanes) is 1. The second-order valence-electron chi connectivity index (χ2n) is 3.30. The third kappa shape index (κ3) is 4.77. The molecule has 0 fully saturated rings. The van der Waals surface area contributed by atoms with Crippen LogP contribution in [0.15, 0.2) is 24.3 Å². The average molecular weight is 242 g/mol. The Bertz CT molecular complexity index is 291. The van der Waals surface area contributed by atoms with Crippen LogP contribution in [0.25, 0.3) is 0 Å². The molecule has 0 heterocycles. The lowest BCUT2D eigenvalue weighted by Crippen LogP contribution is -2.04. The van der Waals surface area contributed by atoms with Crippen molar-refractivity contribution in [2.24, 2.45) is 0 Å². The van der Waals surface area contributed by atoms with Gasteiger partial charge in [-0.3, -0.25) is 0 Å². The lowest BCUT2D eigenvalue weighted by molar-refractivity contribution is 0.193. The average Bonchev–Trinajstić information content (AvgIpc) is 2.33. The Labute approximate surface area is 102 Å². The summed E-state index contributed by atoms with van der Waals surface area (Å²) in [6.07, 6.45) is 2.03. The van der Waals surface area contributed by atoms with Crippen LogP contribution < -0.4 is 9.47 Å². The van der Waals surface area contributed by atoms with Crippen molar-refractivity contribution in [1.82, 2.24) is 0 Å². The zero-order chi connectivity index (χ0) is 11.6. The first-order valence-electron chi connectivity index (χ1n) is 5.45. The van der Waals surface area contributed by atoms with Gasteiger partial charge in [-0.15, -0.1) is 0 Å². The SMILES string of the molecule is OCCOc1ccccc1OCCCCS. The van der Waals surface area contributed by atoms with Gasteiger partial charge in [-0.25, -0.2) is 0 Å². The van der Waals surface area contributed by atoms with Crippen molar-refractivity contribution < 1.29 is 14.6 Å². The highest BCUT2D eigenvalue weighted by Crippen LogP contribution is 2.26. The van der Waals surface area contributed by atoms with Gasteiger partial charge in [0.1, 0.15) is 6.61 Å². The predicted molar refractivity (Wildman–Crippen MR) is 67.6 cm³/mol. The molecule has 0 radical (unpaired) electrons. The second-order valence-corrected chi connectivity index (χ2v) is 3.75. The third-order valence-electron chi connectivity index (χ3n) is 2.01. The Kier molecular flexibility index (Phi) is 6.85. The van der Waals surface area contributed by atoms with Crippen LogP contribution in [0, 0.1) is 0 Å². The Morgan fingerprint density at radius 1 is 1.00 bits per heavy atom. The van der Waals surface area contributed by atoms with E-state index in [2.05, 4.69) is 12.6 Å². The summed E-state index contributed by atoms with van der Waals surface area (Å²) in [7, 11) is 0. The number of ether oxygens (including phenoxy) is 2. The van der Waals surface area contributed by atoms with Gasteiger partial charge in [0.05, 0.1) is 13.2 Å². The molecule has 90 valence electrons. The summed E-state index contributed by atoms with van der Waals surface area (Å²) in [6.45, 7) is 0.963. The zero-order valence-electron chi connectivity index (χ0n) is 9.26. The van der Waals surface area contributed by atoms with Gasteiger partial charge in [0, 0.05) is 0 Å². The van der Waals surface area contributed by atoms with Crippen molar-refractivity contribution in [2.75, 3.05) is 25.6 Å². The molecule has 0 saturated carbocycles. The summed E-state index contributed by atoms with van der Waals surface area (Å²) in [5.74, 6) is 2.30. The van der Waals surface area contributed by atoms with Crippen LogP contribution in [0.1, 0.15) is 12.8 Å². The van der Waals surface area contributed by atoms with Crippen molar-refractivity contribution >= 4 is 12.6 Å². The minimum absolute atomic E-state index is 0.00792. The van der Waals surface area contributed by atoms with E-state index in [-0.39, 0.29) is 13.2 Å². The molecule has 4 heteroatoms. The van der Waals surface area contributed by atoms with E-state index < -0.39 is 0 Å². The van der Waals surface area contributed by atoms with Crippen LogP contribution in [-0.2, 0) is 0 Å². The number of rotatable bonds is 8. The first kappa shape index (κ1) is 13.2. The minimum atomic E-state index is 0.00792. The maximum absolute atomic E-state index is 8.69. The van der Waals surface area contributed by atoms with E-state index in [9.17, 15) is 0 Å². The Morgan fingerprint density at radius 3 is 2.19 bits per heavy atom. The first-order valence-corrected chi connectivity index (χ1v) is 6.08. The van der Waals surface area contributed by atoms with Gasteiger partial charge >= 0.3 is 0 Å². The summed E-state index contributed by atoms with van der Waals surface area (Å²) in [5.41, 5.74) is 0. The molecule has 1 N–H and O–H groups in total. The zero-order valence-corrected chi connectivity index (χ0v) is 10.2. The lowest BCUT2D eigenvalue weighted by atomic mass is 10.3. The van der Waals surface area contributed by atoms with Gasteiger partial charge in [-0.05, 0) is 30.7 Å². The smallest absolute Gasteiger partial charge is 0.161 e. The monoisotopic (exact) mass is 242 g/mol. The summed E-state index contributed by atoms with van der Waals surface area (Å²) < 4.78 is 10.9. The van der Waals surface area contributed by atoms with E-state index in [4.69, 9.17) is 14.6 Å². The Morgan fingerprint density at radius 2 is 1.62 bits per heavy atom. The molecular weight excluding hydrogens is 224 g/mol. The summed E-state index contributed by atoms with van der Waals surface area (Å²) in [6, 6.07) is 7.49. The van der Waals surface area contributed by atoms with E-state index in [1.54, 1.807) is 0 Å². The van der Waals surface area contributed by atoms with Crippen LogP contribution >= 0.6 is 12.6 Å². The van der Waals surface area contributed by atoms with Gasteiger partial charge in [-0.2, -0.15) is 12.6 Å². The number of para-hydroxylation sites is 2. The number of hydrogen-bond acceptors (Lipinski definition) is 4. The van der Waals surface area contributed by atoms with Crippen molar-refractivity contribution in [3.8, 4) is 11.5 Å². The van der Waals surface area contributed by atoms with Gasteiger partial charge < -0.3 is 14.6 Å². The molecule has 0 spiro atoms. The van der Waals surface area contributed by atoms with Crippen molar-refractivity contribution in [2.45, 2.75) is 12.8 Å². The third-order valence-corrected chi connectivity index (χ3v) is 2.32. The number of benzene rings is 1. The summed E-state index contributed by atoms with van der Waals surface area (Å²) in [4.78, 5) is 0. The largest absolute Gasteiger partial charge is 0.490 e. The summed E-state index contributed by atoms with van der Waals surface area (Å²) in [5, 5.41) is 8.69. The normalized spacial score (nSPS) is 10.1. The first-order chi connectivity index (χ1) is 7.88. The Hall–Kier alpha value is -0.870. The summed E-state index contributed by atoms with van der Waals surface area (Å²) >= 11 is 4.14. The molecule has 1 rings (SSSR count). The topological polar surface area (TPSA) is 38.7 Å². The molecule has 1 aromatic rings. The second kappa shape index (κ2) is 8.30. The van der Waals surface area contributed by atoms with E-state index >= 15 is 0 Å². The fourth-order valence-corrected chi connectivity index (χ4v) is 1.46. The molecule has 1 aromatic carbocycles. The quantitative estimate of drug-likeness (QED) is 0.542. The highest BCUT2D eigenvalue weighted by atomic mass is 32.1. The van der Waals surface area contributed by atoms with Crippen LogP contribution in [0.4, 0.5) is 0 Å². The highest BCUT2D eigenvalue weighted by molar-refractivity contribution is 7.80. The van der Waals surface area contributed by atoms with Gasteiger partial charge in [-0.1, -0.05) is 12.1 Å². The minimum Gasteiger partial charge on any atom is -0.490 e. The molecule has 0 bridgehead atoms. The molecular formula is C12H18O3S. The maximum Gasteiger partial charge on any atom is 0.161 e. The molecule has 0 aliphatic carbocycles. The number of thiol groups is 1. The molecule has 0 aliphatic heterocycles. The van der Waals surface area contributed by atoms with Crippen LogP contribution in [0.5, 0.6) is 11.5 Å². The standard InChI is InChI=1S/C12H18O3S/c13-7-9-15-12-6-2-1-5-11(12)14-8-3-4-10-16/h1-2,5-6,13,16H,3-4,7-10H2. The van der Waals surface area contributed by atoms with E-state index in [0.29, 0.717) is 12.4 Å². The van der Waals surface area contributed by atoms with Crippen LogP contribution in [0.3, 0.4) is 0 Å². The van der Waals surface area contributed by atoms with E-state index in [0.717, 1.165) is 24.3 Å². The van der Waals surface area contributed by atoms with Crippen molar-refractivity contribution in [3.63, 3.8) is 0 Å². The van der Waals surface area contributed by atoms with Crippen LogP contribution in [0.2, 0.25) is 0 Å². The molecule has 0 aromatic heterocycles. The van der Waals surface area contributed by atoms with E-state index in [1.807, 2.05) is 24.3 Å². The highest BCUT2D eigenvalue weighted by Gasteiger charge is 2.03. The molecule has 16 heavy (non-hydrogen) atoms. The molecule has 0 saturated heterocycles. The van der Waals surface area contributed by atoms with E-state index in [1.165, 1.54) is 0 Å². The number of aliphatic hydroxyl groups is 1. The van der Waals surface area contributed by atoms with Crippen LogP contribution in [-0.4, -0.2) is 30.7 Å².